The molecule has 8 aromatic rings. The highest BCUT2D eigenvalue weighted by Gasteiger charge is 2.58. The molecule has 4 saturated carbocycles. The molecule has 4 bridgehead atoms. The van der Waals surface area contributed by atoms with E-state index in [1.54, 1.807) is 11.1 Å². The van der Waals surface area contributed by atoms with E-state index in [-0.39, 0.29) is 5.41 Å². The molecule has 3 atom stereocenters. The third kappa shape index (κ3) is 4.12. The largest absolute Gasteiger partial charge is 0.0622 e. The number of hydrogen-bond donors (Lipinski definition) is 0. The van der Waals surface area contributed by atoms with Gasteiger partial charge < -0.3 is 0 Å². The minimum Gasteiger partial charge on any atom is -0.0622 e. The van der Waals surface area contributed by atoms with Crippen LogP contribution in [0.1, 0.15) is 49.1 Å². The van der Waals surface area contributed by atoms with Gasteiger partial charge in [-0.1, -0.05) is 146 Å². The van der Waals surface area contributed by atoms with Gasteiger partial charge in [-0.05, 0) is 144 Å². The van der Waals surface area contributed by atoms with Crippen molar-refractivity contribution in [3.8, 4) is 22.3 Å². The zero-order chi connectivity index (χ0) is 32.8. The fourth-order valence-electron chi connectivity index (χ4n) is 11.7. The van der Waals surface area contributed by atoms with Gasteiger partial charge in [-0.15, -0.1) is 0 Å². The average molecular weight is 641 g/mol. The SMILES string of the molecule is c1ccc(-c2c3ccccc3cc3cccc(C4C5CC6CC(C5)CC4(c4cccc5cc7ccccc7c(-c7ccccc7)c45)C6)c23)cc1. The maximum atomic E-state index is 2.56. The number of hydrogen-bond acceptors (Lipinski definition) is 0. The molecule has 0 spiro atoms. The molecule has 3 unspecified atom stereocenters. The Morgan fingerprint density at radius 1 is 0.420 bits per heavy atom. The highest BCUT2D eigenvalue weighted by molar-refractivity contribution is 6.15. The van der Waals surface area contributed by atoms with E-state index in [9.17, 15) is 0 Å². The van der Waals surface area contributed by atoms with Crippen LogP contribution in [-0.2, 0) is 5.41 Å². The summed E-state index contributed by atoms with van der Waals surface area (Å²) in [5.41, 5.74) is 8.73. The predicted octanol–water partition coefficient (Wildman–Crippen LogP) is 13.5. The lowest BCUT2D eigenvalue weighted by Crippen LogP contribution is -2.54. The van der Waals surface area contributed by atoms with Crippen LogP contribution in [0.2, 0.25) is 0 Å². The minimum atomic E-state index is 0.0775. The van der Waals surface area contributed by atoms with Crippen molar-refractivity contribution in [3.05, 3.63) is 169 Å². The van der Waals surface area contributed by atoms with Crippen LogP contribution < -0.4 is 0 Å². The molecule has 4 fully saturated rings. The van der Waals surface area contributed by atoms with Crippen LogP contribution in [0.25, 0.3) is 65.3 Å². The Labute approximate surface area is 294 Å². The molecule has 0 saturated heterocycles. The topological polar surface area (TPSA) is 0 Å². The molecule has 0 aromatic heterocycles. The van der Waals surface area contributed by atoms with Gasteiger partial charge in [0.05, 0.1) is 0 Å². The van der Waals surface area contributed by atoms with E-state index in [2.05, 4.69) is 158 Å². The first kappa shape index (κ1) is 28.6. The Morgan fingerprint density at radius 2 is 0.920 bits per heavy atom. The van der Waals surface area contributed by atoms with Crippen LogP contribution in [0.3, 0.4) is 0 Å². The number of benzene rings is 8. The average Bonchev–Trinajstić information content (AvgIpc) is 3.16. The van der Waals surface area contributed by atoms with E-state index >= 15 is 0 Å². The summed E-state index contributed by atoms with van der Waals surface area (Å²) in [6.07, 6.45) is 6.73. The Kier molecular flexibility index (Phi) is 6.24. The highest BCUT2D eigenvalue weighted by Crippen LogP contribution is 2.68. The van der Waals surface area contributed by atoms with Crippen LogP contribution >= 0.6 is 0 Å². The molecule has 12 rings (SSSR count). The molecule has 0 heterocycles. The molecule has 0 N–H and O–H groups in total. The van der Waals surface area contributed by atoms with E-state index in [4.69, 9.17) is 0 Å². The van der Waals surface area contributed by atoms with Gasteiger partial charge in [-0.2, -0.15) is 0 Å². The smallest absolute Gasteiger partial charge is 0.00361 e. The zero-order valence-electron chi connectivity index (χ0n) is 28.4. The molecular formula is C50H40. The Bertz CT molecular complexity index is 2580. The van der Waals surface area contributed by atoms with Gasteiger partial charge in [0, 0.05) is 5.41 Å². The molecule has 0 amide bonds. The fraction of sp³-hybridized carbons (Fsp3) is 0.200. The second kappa shape index (κ2) is 10.9. The molecule has 4 aliphatic rings. The van der Waals surface area contributed by atoms with Crippen molar-refractivity contribution in [2.75, 3.05) is 0 Å². The first-order valence-electron chi connectivity index (χ1n) is 18.8. The number of rotatable bonds is 4. The van der Waals surface area contributed by atoms with Gasteiger partial charge in [0.25, 0.3) is 0 Å². The lowest BCUT2D eigenvalue weighted by atomic mass is 9.42. The molecule has 8 aromatic carbocycles. The van der Waals surface area contributed by atoms with Crippen molar-refractivity contribution in [1.29, 1.82) is 0 Å². The van der Waals surface area contributed by atoms with E-state index in [1.807, 2.05) is 0 Å². The summed E-state index contributed by atoms with van der Waals surface area (Å²) in [6.45, 7) is 0. The predicted molar refractivity (Wildman–Crippen MR) is 212 cm³/mol. The summed E-state index contributed by atoms with van der Waals surface area (Å²) in [4.78, 5) is 0. The van der Waals surface area contributed by atoms with Crippen molar-refractivity contribution in [2.24, 2.45) is 17.8 Å². The van der Waals surface area contributed by atoms with E-state index in [0.717, 1.165) is 11.8 Å². The van der Waals surface area contributed by atoms with Gasteiger partial charge in [0.2, 0.25) is 0 Å². The third-order valence-electron chi connectivity index (χ3n) is 13.1. The van der Waals surface area contributed by atoms with Crippen LogP contribution in [0.4, 0.5) is 0 Å². The molecule has 240 valence electrons. The van der Waals surface area contributed by atoms with E-state index in [1.165, 1.54) is 97.4 Å². The van der Waals surface area contributed by atoms with Gasteiger partial charge in [-0.3, -0.25) is 0 Å². The molecule has 50 heavy (non-hydrogen) atoms. The van der Waals surface area contributed by atoms with Crippen LogP contribution in [-0.4, -0.2) is 0 Å². The van der Waals surface area contributed by atoms with Gasteiger partial charge in [0.15, 0.2) is 0 Å². The van der Waals surface area contributed by atoms with Crippen LogP contribution in [0.15, 0.2) is 158 Å². The second-order valence-electron chi connectivity index (χ2n) is 15.8. The molecule has 0 aliphatic heterocycles. The lowest BCUT2D eigenvalue weighted by Gasteiger charge is -2.62. The van der Waals surface area contributed by atoms with Crippen molar-refractivity contribution >= 4 is 43.1 Å². The van der Waals surface area contributed by atoms with Crippen LogP contribution in [0.5, 0.6) is 0 Å². The Morgan fingerprint density at radius 3 is 1.54 bits per heavy atom. The first-order valence-corrected chi connectivity index (χ1v) is 18.8. The fourth-order valence-corrected chi connectivity index (χ4v) is 11.7. The van der Waals surface area contributed by atoms with E-state index < -0.39 is 0 Å². The summed E-state index contributed by atoms with van der Waals surface area (Å²) in [5, 5.41) is 11.1. The summed E-state index contributed by atoms with van der Waals surface area (Å²) in [6, 6.07) is 60.1. The standard InChI is InChI=1S/C50H40/c1-3-13-34(14-4-1)45-41-21-9-7-17-36(41)28-38-19-11-23-43(47(38)45)49-40-26-32-25-33(27-40)31-50(49,30-32)44-24-12-20-39-29-37-18-8-10-22-42(37)46(48(39)44)35-15-5-2-6-16-35/h1-24,28-29,32-33,40,49H,25-27,30-31H2. The summed E-state index contributed by atoms with van der Waals surface area (Å²) in [7, 11) is 0. The van der Waals surface area contributed by atoms with Gasteiger partial charge >= 0.3 is 0 Å². The summed E-state index contributed by atoms with van der Waals surface area (Å²) >= 11 is 0. The molecule has 0 nitrogen and oxygen atoms in total. The lowest BCUT2D eigenvalue weighted by molar-refractivity contribution is -0.0268. The van der Waals surface area contributed by atoms with Crippen molar-refractivity contribution in [2.45, 2.75) is 43.4 Å². The summed E-state index contributed by atoms with van der Waals surface area (Å²) < 4.78 is 0. The van der Waals surface area contributed by atoms with Gasteiger partial charge in [-0.25, -0.2) is 0 Å². The molecular weight excluding hydrogens is 601 g/mol. The molecule has 0 heteroatoms. The maximum absolute atomic E-state index is 2.56. The first-order chi connectivity index (χ1) is 24.7. The Balaban J connectivity index is 1.25. The molecule has 0 radical (unpaired) electrons. The highest BCUT2D eigenvalue weighted by atomic mass is 14.6. The van der Waals surface area contributed by atoms with Gasteiger partial charge in [0.1, 0.15) is 0 Å². The zero-order valence-corrected chi connectivity index (χ0v) is 28.4. The normalized spacial score (nSPS) is 24.1. The van der Waals surface area contributed by atoms with Crippen molar-refractivity contribution < 1.29 is 0 Å². The third-order valence-corrected chi connectivity index (χ3v) is 13.1. The Hall–Kier alpha value is -5.20. The minimum absolute atomic E-state index is 0.0775. The van der Waals surface area contributed by atoms with Crippen molar-refractivity contribution in [3.63, 3.8) is 0 Å². The van der Waals surface area contributed by atoms with Crippen LogP contribution in [0, 0.1) is 17.8 Å². The quantitative estimate of drug-likeness (QED) is 0.168. The van der Waals surface area contributed by atoms with E-state index in [0.29, 0.717) is 11.8 Å². The van der Waals surface area contributed by atoms with Crippen molar-refractivity contribution in [1.82, 2.24) is 0 Å². The maximum Gasteiger partial charge on any atom is 0.00361 e. The second-order valence-corrected chi connectivity index (χ2v) is 15.8. The monoisotopic (exact) mass is 640 g/mol. The summed E-state index contributed by atoms with van der Waals surface area (Å²) in [5.74, 6) is 2.77. The number of fused-ring (bicyclic) bond motifs is 4. The molecule has 4 aliphatic carbocycles.